The molecule has 1 aromatic heterocycles. The number of aromatic nitrogens is 2. The van der Waals surface area contributed by atoms with Crippen molar-refractivity contribution in [2.45, 2.75) is 10.9 Å². The molecule has 2 rings (SSSR count). The Morgan fingerprint density at radius 2 is 2.27 bits per heavy atom. The van der Waals surface area contributed by atoms with Gasteiger partial charge in [-0.05, 0) is 17.7 Å². The van der Waals surface area contributed by atoms with E-state index in [9.17, 15) is 4.79 Å². The van der Waals surface area contributed by atoms with Crippen molar-refractivity contribution in [3.63, 3.8) is 0 Å². The summed E-state index contributed by atoms with van der Waals surface area (Å²) in [5.41, 5.74) is 1.04. The minimum Gasteiger partial charge on any atom is -0.497 e. The van der Waals surface area contributed by atoms with Gasteiger partial charge in [0, 0.05) is 20.6 Å². The smallest absolute Gasteiger partial charge is 0.233 e. The average molecular weight is 338 g/mol. The van der Waals surface area contributed by atoms with Crippen LogP contribution in [0.15, 0.2) is 28.6 Å². The number of nitrogens with one attached hydrogen (secondary N) is 1. The third-order valence-corrected chi connectivity index (χ3v) is 4.98. The van der Waals surface area contributed by atoms with Crippen LogP contribution < -0.4 is 10.1 Å². The van der Waals surface area contributed by atoms with Crippen LogP contribution in [-0.4, -0.2) is 48.0 Å². The fourth-order valence-corrected chi connectivity index (χ4v) is 3.38. The predicted octanol–water partition coefficient (Wildman–Crippen LogP) is 2.34. The zero-order chi connectivity index (χ0) is 15.9. The summed E-state index contributed by atoms with van der Waals surface area (Å²) in [4.78, 5) is 13.9. The van der Waals surface area contributed by atoms with E-state index < -0.39 is 0 Å². The van der Waals surface area contributed by atoms with E-state index in [1.165, 1.54) is 23.1 Å². The van der Waals surface area contributed by atoms with E-state index >= 15 is 0 Å². The number of amides is 1. The number of anilines is 1. The fourth-order valence-electron chi connectivity index (χ4n) is 1.74. The fraction of sp³-hybridized carbons (Fsp3) is 0.357. The molecule has 0 aliphatic heterocycles. The Morgan fingerprint density at radius 3 is 2.95 bits per heavy atom. The van der Waals surface area contributed by atoms with Crippen molar-refractivity contribution >= 4 is 34.1 Å². The molecule has 1 aromatic carbocycles. The van der Waals surface area contributed by atoms with Crippen LogP contribution in [0.2, 0.25) is 0 Å². The highest BCUT2D eigenvalue weighted by molar-refractivity contribution is 8.01. The first-order valence-electron chi connectivity index (χ1n) is 6.63. The molecule has 2 aromatic rings. The van der Waals surface area contributed by atoms with Crippen molar-refractivity contribution in [1.29, 1.82) is 0 Å². The third kappa shape index (κ3) is 4.60. The van der Waals surface area contributed by atoms with E-state index in [4.69, 9.17) is 4.74 Å². The van der Waals surface area contributed by atoms with Gasteiger partial charge >= 0.3 is 0 Å². The second kappa shape index (κ2) is 8.00. The van der Waals surface area contributed by atoms with Crippen LogP contribution in [0, 0.1) is 0 Å². The van der Waals surface area contributed by atoms with Crippen LogP contribution >= 0.6 is 23.1 Å². The zero-order valence-electron chi connectivity index (χ0n) is 12.7. The van der Waals surface area contributed by atoms with Crippen LogP contribution in [0.25, 0.3) is 0 Å². The maximum Gasteiger partial charge on any atom is 0.233 e. The predicted molar refractivity (Wildman–Crippen MR) is 89.6 cm³/mol. The molecule has 6 nitrogen and oxygen atoms in total. The van der Waals surface area contributed by atoms with Crippen LogP contribution in [-0.2, 0) is 11.3 Å². The van der Waals surface area contributed by atoms with Gasteiger partial charge in [-0.15, -0.1) is 10.2 Å². The quantitative estimate of drug-likeness (QED) is 0.782. The zero-order valence-corrected chi connectivity index (χ0v) is 14.3. The molecule has 1 amide bonds. The Kier molecular flexibility index (Phi) is 6.02. The molecule has 0 aliphatic carbocycles. The van der Waals surface area contributed by atoms with Crippen molar-refractivity contribution < 1.29 is 9.53 Å². The van der Waals surface area contributed by atoms with Crippen molar-refractivity contribution in [2.75, 3.05) is 32.3 Å². The maximum absolute atomic E-state index is 12.2. The lowest BCUT2D eigenvalue weighted by Crippen LogP contribution is -2.27. The summed E-state index contributed by atoms with van der Waals surface area (Å²) in [5.74, 6) is 1.19. The standard InChI is InChI=1S/C14H18N4O2S2/c1-15-13-16-17-14(22-13)21-9-12(19)18(2)8-10-5-4-6-11(7-10)20-3/h4-7H,8-9H2,1-3H3,(H,15,16). The lowest BCUT2D eigenvalue weighted by molar-refractivity contribution is -0.127. The first-order chi connectivity index (χ1) is 10.6. The molecule has 0 fully saturated rings. The number of thioether (sulfide) groups is 1. The van der Waals surface area contributed by atoms with Crippen molar-refractivity contribution in [3.05, 3.63) is 29.8 Å². The molecular weight excluding hydrogens is 320 g/mol. The van der Waals surface area contributed by atoms with E-state index in [1.54, 1.807) is 26.1 Å². The molecule has 118 valence electrons. The monoisotopic (exact) mass is 338 g/mol. The third-order valence-electron chi connectivity index (χ3n) is 2.92. The SMILES string of the molecule is CNc1nnc(SCC(=O)N(C)Cc2cccc(OC)c2)s1. The first-order valence-corrected chi connectivity index (χ1v) is 8.43. The molecule has 0 atom stereocenters. The molecule has 22 heavy (non-hydrogen) atoms. The summed E-state index contributed by atoms with van der Waals surface area (Å²) in [6, 6.07) is 7.71. The number of carbonyl (C=O) groups excluding carboxylic acids is 1. The highest BCUT2D eigenvalue weighted by Crippen LogP contribution is 2.25. The summed E-state index contributed by atoms with van der Waals surface area (Å²) in [6.07, 6.45) is 0. The summed E-state index contributed by atoms with van der Waals surface area (Å²) < 4.78 is 5.97. The molecule has 8 heteroatoms. The molecule has 1 heterocycles. The molecule has 0 saturated heterocycles. The molecule has 0 aliphatic rings. The molecule has 1 N–H and O–H groups in total. The van der Waals surface area contributed by atoms with Crippen LogP contribution in [0.3, 0.4) is 0 Å². The highest BCUT2D eigenvalue weighted by Gasteiger charge is 2.12. The summed E-state index contributed by atoms with van der Waals surface area (Å²) in [5, 5.41) is 11.6. The number of ether oxygens (including phenoxy) is 1. The summed E-state index contributed by atoms with van der Waals surface area (Å²) in [6.45, 7) is 0.550. The topological polar surface area (TPSA) is 67.4 Å². The summed E-state index contributed by atoms with van der Waals surface area (Å²) >= 11 is 2.84. The number of rotatable bonds is 7. The normalized spacial score (nSPS) is 10.3. The number of carbonyl (C=O) groups is 1. The van der Waals surface area contributed by atoms with Gasteiger partial charge in [0.2, 0.25) is 11.0 Å². The van der Waals surface area contributed by atoms with Gasteiger partial charge in [0.25, 0.3) is 0 Å². The van der Waals surface area contributed by atoms with Gasteiger partial charge in [-0.2, -0.15) is 0 Å². The van der Waals surface area contributed by atoms with Crippen molar-refractivity contribution in [1.82, 2.24) is 15.1 Å². The second-order valence-electron chi connectivity index (χ2n) is 4.51. The van der Waals surface area contributed by atoms with Gasteiger partial charge in [-0.25, -0.2) is 0 Å². The number of methoxy groups -OCH3 is 1. The van der Waals surface area contributed by atoms with E-state index in [-0.39, 0.29) is 5.91 Å². The Morgan fingerprint density at radius 1 is 1.45 bits per heavy atom. The van der Waals surface area contributed by atoms with Gasteiger partial charge in [0.05, 0.1) is 12.9 Å². The van der Waals surface area contributed by atoms with Gasteiger partial charge in [-0.1, -0.05) is 35.2 Å². The van der Waals surface area contributed by atoms with E-state index in [0.717, 1.165) is 20.8 Å². The average Bonchev–Trinajstić information content (AvgIpc) is 3.00. The minimum atomic E-state index is 0.0500. The first kappa shape index (κ1) is 16.6. The lowest BCUT2D eigenvalue weighted by atomic mass is 10.2. The van der Waals surface area contributed by atoms with Gasteiger partial charge in [0.15, 0.2) is 4.34 Å². The Bertz CT molecular complexity index is 633. The second-order valence-corrected chi connectivity index (χ2v) is 6.71. The largest absolute Gasteiger partial charge is 0.497 e. The maximum atomic E-state index is 12.2. The van der Waals surface area contributed by atoms with Crippen LogP contribution in [0.1, 0.15) is 5.56 Å². The van der Waals surface area contributed by atoms with Crippen molar-refractivity contribution in [2.24, 2.45) is 0 Å². The van der Waals surface area contributed by atoms with Crippen LogP contribution in [0.4, 0.5) is 5.13 Å². The number of nitrogens with zero attached hydrogens (tertiary/aromatic N) is 3. The number of hydrogen-bond acceptors (Lipinski definition) is 7. The van der Waals surface area contributed by atoms with E-state index in [0.29, 0.717) is 12.3 Å². The molecular formula is C14H18N4O2S2. The molecule has 0 bridgehead atoms. The summed E-state index contributed by atoms with van der Waals surface area (Å²) in [7, 11) is 5.22. The lowest BCUT2D eigenvalue weighted by Gasteiger charge is -2.17. The molecule has 0 spiro atoms. The molecule has 0 saturated carbocycles. The van der Waals surface area contributed by atoms with Gasteiger partial charge < -0.3 is 15.0 Å². The van der Waals surface area contributed by atoms with Gasteiger partial charge in [0.1, 0.15) is 5.75 Å². The number of hydrogen-bond donors (Lipinski definition) is 1. The van der Waals surface area contributed by atoms with E-state index in [2.05, 4.69) is 15.5 Å². The Balaban J connectivity index is 1.86. The Labute approximate surface area is 137 Å². The molecule has 0 unspecified atom stereocenters. The number of benzene rings is 1. The van der Waals surface area contributed by atoms with Crippen molar-refractivity contribution in [3.8, 4) is 5.75 Å². The highest BCUT2D eigenvalue weighted by atomic mass is 32.2. The van der Waals surface area contributed by atoms with Crippen LogP contribution in [0.5, 0.6) is 5.75 Å². The minimum absolute atomic E-state index is 0.0500. The Hall–Kier alpha value is -1.80. The van der Waals surface area contributed by atoms with E-state index in [1.807, 2.05) is 24.3 Å². The van der Waals surface area contributed by atoms with Gasteiger partial charge in [-0.3, -0.25) is 4.79 Å². The molecule has 0 radical (unpaired) electrons.